The van der Waals surface area contributed by atoms with Gasteiger partial charge in [-0.25, -0.2) is 13.4 Å². The Morgan fingerprint density at radius 3 is 2.76 bits per heavy atom. The second kappa shape index (κ2) is 8.93. The van der Waals surface area contributed by atoms with Crippen LogP contribution in [0, 0.1) is 0 Å². The lowest BCUT2D eigenvalue weighted by Gasteiger charge is -2.36. The first-order valence-electron chi connectivity index (χ1n) is 10.1. The van der Waals surface area contributed by atoms with E-state index in [1.54, 1.807) is 25.9 Å². The number of methoxy groups -OCH3 is 1. The Morgan fingerprint density at radius 2 is 2.07 bits per heavy atom. The minimum absolute atomic E-state index is 0.00822. The molecule has 1 aromatic rings. The number of ether oxygens (including phenoxy) is 1. The Labute approximate surface area is 171 Å². The summed E-state index contributed by atoms with van der Waals surface area (Å²) in [5.74, 6) is 0.491. The van der Waals surface area contributed by atoms with Crippen LogP contribution in [0.3, 0.4) is 0 Å². The molecule has 0 bridgehead atoms. The summed E-state index contributed by atoms with van der Waals surface area (Å²) in [6.45, 7) is 4.61. The summed E-state index contributed by atoms with van der Waals surface area (Å²) in [7, 11) is -1.87. The molecular formula is C19H30N4O5S. The molecule has 0 aromatic carbocycles. The Morgan fingerprint density at radius 1 is 1.31 bits per heavy atom. The third kappa shape index (κ3) is 4.54. The van der Waals surface area contributed by atoms with Gasteiger partial charge in [-0.2, -0.15) is 4.31 Å². The largest absolute Gasteiger partial charge is 0.384 e. The molecule has 2 aliphatic rings. The molecule has 1 amide bonds. The van der Waals surface area contributed by atoms with Gasteiger partial charge in [0, 0.05) is 33.2 Å². The molecule has 162 valence electrons. The van der Waals surface area contributed by atoms with Gasteiger partial charge in [-0.05, 0) is 33.1 Å². The molecule has 2 aliphatic heterocycles. The van der Waals surface area contributed by atoms with Crippen molar-refractivity contribution in [3.63, 3.8) is 0 Å². The summed E-state index contributed by atoms with van der Waals surface area (Å²) in [6, 6.07) is -0.261. The highest BCUT2D eigenvalue weighted by Crippen LogP contribution is 2.30. The van der Waals surface area contributed by atoms with Crippen LogP contribution in [-0.2, 0) is 32.5 Å². The molecule has 1 atom stereocenters. The van der Waals surface area contributed by atoms with Crippen LogP contribution >= 0.6 is 0 Å². The van der Waals surface area contributed by atoms with Gasteiger partial charge in [0.2, 0.25) is 15.9 Å². The molecule has 1 unspecified atom stereocenters. The number of aromatic nitrogens is 2. The lowest BCUT2D eigenvalue weighted by molar-refractivity contribution is -0.136. The molecule has 3 rings (SSSR count). The lowest BCUT2D eigenvalue weighted by Crippen LogP contribution is -2.44. The topological polar surface area (TPSA) is 113 Å². The summed E-state index contributed by atoms with van der Waals surface area (Å²) in [5.41, 5.74) is 0.717. The summed E-state index contributed by atoms with van der Waals surface area (Å²) < 4.78 is 31.3. The molecule has 29 heavy (non-hydrogen) atoms. The van der Waals surface area contributed by atoms with E-state index < -0.39 is 15.3 Å². The molecule has 0 aliphatic carbocycles. The predicted octanol–water partition coefficient (Wildman–Crippen LogP) is 0.956. The van der Waals surface area contributed by atoms with Crippen molar-refractivity contribution in [3.05, 3.63) is 27.4 Å². The molecule has 1 N–H and O–H groups in total. The fraction of sp³-hybridized carbons (Fsp3) is 0.737. The van der Waals surface area contributed by atoms with Crippen LogP contribution in [0.15, 0.2) is 4.79 Å². The van der Waals surface area contributed by atoms with Crippen molar-refractivity contribution in [1.82, 2.24) is 19.2 Å². The Hall–Kier alpha value is -1.78. The highest BCUT2D eigenvalue weighted by atomic mass is 32.2. The van der Waals surface area contributed by atoms with Gasteiger partial charge in [0.05, 0.1) is 35.6 Å². The molecule has 10 heteroatoms. The number of carbonyl (C=O) groups is 1. The number of rotatable bonds is 6. The average molecular weight is 427 g/mol. The second-order valence-electron chi connectivity index (χ2n) is 7.90. The first-order valence-corrected chi connectivity index (χ1v) is 11.6. The maximum absolute atomic E-state index is 12.8. The number of aromatic amines is 1. The zero-order chi connectivity index (χ0) is 21.2. The minimum Gasteiger partial charge on any atom is -0.384 e. The number of nitrogens with zero attached hydrogens (tertiary/aromatic N) is 3. The van der Waals surface area contributed by atoms with E-state index in [4.69, 9.17) is 4.74 Å². The van der Waals surface area contributed by atoms with Crippen molar-refractivity contribution in [1.29, 1.82) is 0 Å². The summed E-state index contributed by atoms with van der Waals surface area (Å²) in [4.78, 5) is 34.6. The molecule has 0 radical (unpaired) electrons. The van der Waals surface area contributed by atoms with E-state index in [1.807, 2.05) is 0 Å². The summed E-state index contributed by atoms with van der Waals surface area (Å²) in [5, 5.41) is -0.538. The number of carbonyl (C=O) groups excluding carboxylic acids is 1. The standard InChI is InChI=1S/C19H30N4O5S/c1-13(2)29(26,27)22-10-7-15-14(12-22)19(25)21-18(20-15)16-6-4-5-9-23(16)17(24)8-11-28-3/h13,16H,4-12H2,1-3H3,(H,20,21,25). The molecule has 1 saturated heterocycles. The minimum atomic E-state index is -3.43. The van der Waals surface area contributed by atoms with Crippen LogP contribution in [0.5, 0.6) is 0 Å². The molecule has 0 saturated carbocycles. The van der Waals surface area contributed by atoms with Crippen LogP contribution in [0.1, 0.15) is 62.7 Å². The monoisotopic (exact) mass is 426 g/mol. The van der Waals surface area contributed by atoms with Crippen LogP contribution in [0.25, 0.3) is 0 Å². The van der Waals surface area contributed by atoms with E-state index in [0.717, 1.165) is 19.3 Å². The molecule has 1 fully saturated rings. The smallest absolute Gasteiger partial charge is 0.255 e. The molecule has 0 spiro atoms. The Bertz CT molecular complexity index is 912. The van der Waals surface area contributed by atoms with E-state index in [0.29, 0.717) is 49.6 Å². The quantitative estimate of drug-likeness (QED) is 0.725. The Kier molecular flexibility index (Phi) is 6.75. The fourth-order valence-electron chi connectivity index (χ4n) is 3.94. The van der Waals surface area contributed by atoms with E-state index in [9.17, 15) is 18.0 Å². The molecule has 9 nitrogen and oxygen atoms in total. The van der Waals surface area contributed by atoms with Gasteiger partial charge in [-0.15, -0.1) is 0 Å². The number of amides is 1. The third-order valence-electron chi connectivity index (χ3n) is 5.67. The number of hydrogen-bond donors (Lipinski definition) is 1. The maximum atomic E-state index is 12.8. The van der Waals surface area contributed by atoms with Gasteiger partial charge in [0.1, 0.15) is 5.82 Å². The summed E-state index contributed by atoms with van der Waals surface area (Å²) in [6.07, 6.45) is 3.31. The summed E-state index contributed by atoms with van der Waals surface area (Å²) >= 11 is 0. The molecular weight excluding hydrogens is 396 g/mol. The fourth-order valence-corrected chi connectivity index (χ4v) is 5.19. The van der Waals surface area contributed by atoms with Crippen LogP contribution in [0.4, 0.5) is 0 Å². The number of fused-ring (bicyclic) bond motifs is 1. The normalized spacial score (nSPS) is 20.7. The van der Waals surface area contributed by atoms with Crippen molar-refractivity contribution in [2.75, 3.05) is 26.8 Å². The average Bonchev–Trinajstić information content (AvgIpc) is 2.71. The van der Waals surface area contributed by atoms with Gasteiger partial charge >= 0.3 is 0 Å². The van der Waals surface area contributed by atoms with Crippen molar-refractivity contribution in [2.24, 2.45) is 0 Å². The first kappa shape index (κ1) is 21.9. The van der Waals surface area contributed by atoms with Gasteiger partial charge in [0.15, 0.2) is 0 Å². The highest BCUT2D eigenvalue weighted by Gasteiger charge is 2.34. The second-order valence-corrected chi connectivity index (χ2v) is 10.4. The maximum Gasteiger partial charge on any atom is 0.255 e. The van der Waals surface area contributed by atoms with E-state index in [2.05, 4.69) is 9.97 Å². The van der Waals surface area contributed by atoms with Gasteiger partial charge in [0.25, 0.3) is 5.56 Å². The van der Waals surface area contributed by atoms with Crippen molar-refractivity contribution in [2.45, 2.75) is 63.8 Å². The van der Waals surface area contributed by atoms with Gasteiger partial charge in [-0.1, -0.05) is 0 Å². The van der Waals surface area contributed by atoms with E-state index in [-0.39, 0.29) is 24.1 Å². The predicted molar refractivity (Wildman–Crippen MR) is 108 cm³/mol. The SMILES string of the molecule is COCCC(=O)N1CCCCC1c1nc2c(c(=O)[nH]1)CN(S(=O)(=O)C(C)C)CC2. The lowest BCUT2D eigenvalue weighted by atomic mass is 10.00. The van der Waals surface area contributed by atoms with Crippen molar-refractivity contribution < 1.29 is 17.9 Å². The van der Waals surface area contributed by atoms with Gasteiger partial charge in [-0.3, -0.25) is 9.59 Å². The van der Waals surface area contributed by atoms with Crippen LogP contribution in [-0.4, -0.2) is 65.6 Å². The van der Waals surface area contributed by atoms with E-state index >= 15 is 0 Å². The van der Waals surface area contributed by atoms with E-state index in [1.165, 1.54) is 4.31 Å². The Balaban J connectivity index is 1.87. The van der Waals surface area contributed by atoms with Crippen LogP contribution in [0.2, 0.25) is 0 Å². The molecule has 1 aromatic heterocycles. The van der Waals surface area contributed by atoms with Crippen molar-refractivity contribution in [3.8, 4) is 0 Å². The highest BCUT2D eigenvalue weighted by molar-refractivity contribution is 7.89. The zero-order valence-electron chi connectivity index (χ0n) is 17.3. The first-order chi connectivity index (χ1) is 13.8. The van der Waals surface area contributed by atoms with Crippen molar-refractivity contribution >= 4 is 15.9 Å². The number of hydrogen-bond acceptors (Lipinski definition) is 6. The zero-order valence-corrected chi connectivity index (χ0v) is 18.1. The number of H-pyrrole nitrogens is 1. The number of nitrogens with one attached hydrogen (secondary N) is 1. The number of likely N-dealkylation sites (tertiary alicyclic amines) is 1. The number of piperidine rings is 1. The molecule has 3 heterocycles. The number of sulfonamides is 1. The van der Waals surface area contributed by atoms with Crippen LogP contribution < -0.4 is 5.56 Å². The van der Waals surface area contributed by atoms with Gasteiger partial charge < -0.3 is 14.6 Å². The third-order valence-corrected chi connectivity index (χ3v) is 7.89.